The smallest absolute Gasteiger partial charge is 0.292 e. The standard InChI is InChI=1S/C13H11FN2O3/c1-19-11-4-2-3-10(8-11)15-12-7-9(14)5-6-13(12)16(17)18/h2-8,15H,1H3. The molecular formula is C13H11FN2O3. The second-order valence-electron chi connectivity index (χ2n) is 3.78. The van der Waals surface area contributed by atoms with E-state index < -0.39 is 10.7 Å². The average molecular weight is 262 g/mol. The summed E-state index contributed by atoms with van der Waals surface area (Å²) in [5, 5.41) is 13.7. The van der Waals surface area contributed by atoms with E-state index in [9.17, 15) is 14.5 Å². The van der Waals surface area contributed by atoms with Crippen LogP contribution >= 0.6 is 0 Å². The number of benzene rings is 2. The minimum Gasteiger partial charge on any atom is -0.497 e. The van der Waals surface area contributed by atoms with Crippen LogP contribution in [0.15, 0.2) is 42.5 Å². The number of anilines is 2. The van der Waals surface area contributed by atoms with Gasteiger partial charge in [-0.3, -0.25) is 10.1 Å². The van der Waals surface area contributed by atoms with Gasteiger partial charge < -0.3 is 10.1 Å². The maximum absolute atomic E-state index is 13.2. The molecule has 0 amide bonds. The van der Waals surface area contributed by atoms with Crippen LogP contribution in [0.5, 0.6) is 5.75 Å². The Morgan fingerprint density at radius 2 is 2.05 bits per heavy atom. The Balaban J connectivity index is 2.36. The van der Waals surface area contributed by atoms with Crippen molar-refractivity contribution >= 4 is 17.1 Å². The maximum Gasteiger partial charge on any atom is 0.292 e. The first kappa shape index (κ1) is 12.8. The highest BCUT2D eigenvalue weighted by molar-refractivity contribution is 5.70. The third kappa shape index (κ3) is 2.98. The summed E-state index contributed by atoms with van der Waals surface area (Å²) in [5.74, 6) is 0.0556. The first-order valence-electron chi connectivity index (χ1n) is 5.45. The number of nitro groups is 1. The van der Waals surface area contributed by atoms with Crippen molar-refractivity contribution in [3.63, 3.8) is 0 Å². The minimum absolute atomic E-state index is 0.0956. The van der Waals surface area contributed by atoms with Crippen LogP contribution in [-0.4, -0.2) is 12.0 Å². The van der Waals surface area contributed by atoms with Gasteiger partial charge in [0.05, 0.1) is 12.0 Å². The Morgan fingerprint density at radius 3 is 2.74 bits per heavy atom. The summed E-state index contributed by atoms with van der Waals surface area (Å²) in [6, 6.07) is 10.1. The Morgan fingerprint density at radius 1 is 1.26 bits per heavy atom. The van der Waals surface area contributed by atoms with Gasteiger partial charge in [0.2, 0.25) is 0 Å². The van der Waals surface area contributed by atoms with Crippen LogP contribution in [0.3, 0.4) is 0 Å². The molecule has 0 aliphatic heterocycles. The molecule has 0 saturated heterocycles. The molecule has 98 valence electrons. The SMILES string of the molecule is COc1cccc(Nc2cc(F)ccc2[N+](=O)[O-])c1. The first-order chi connectivity index (χ1) is 9.10. The monoisotopic (exact) mass is 262 g/mol. The third-order valence-corrected chi connectivity index (χ3v) is 2.50. The van der Waals surface area contributed by atoms with E-state index in [4.69, 9.17) is 4.74 Å². The molecular weight excluding hydrogens is 251 g/mol. The van der Waals surface area contributed by atoms with E-state index in [1.54, 1.807) is 24.3 Å². The molecule has 0 aromatic heterocycles. The molecule has 5 nitrogen and oxygen atoms in total. The molecule has 0 spiro atoms. The first-order valence-corrected chi connectivity index (χ1v) is 5.45. The van der Waals surface area contributed by atoms with Crippen LogP contribution in [-0.2, 0) is 0 Å². The van der Waals surface area contributed by atoms with Crippen LogP contribution < -0.4 is 10.1 Å². The summed E-state index contributed by atoms with van der Waals surface area (Å²) in [6.45, 7) is 0. The van der Waals surface area contributed by atoms with Crippen LogP contribution in [0, 0.1) is 15.9 Å². The van der Waals surface area contributed by atoms with E-state index in [0.717, 1.165) is 18.2 Å². The van der Waals surface area contributed by atoms with Gasteiger partial charge >= 0.3 is 0 Å². The van der Waals surface area contributed by atoms with Crippen molar-refractivity contribution in [1.29, 1.82) is 0 Å². The molecule has 2 aromatic rings. The number of nitrogens with zero attached hydrogens (tertiary/aromatic N) is 1. The zero-order chi connectivity index (χ0) is 13.8. The van der Waals surface area contributed by atoms with Crippen molar-refractivity contribution in [3.8, 4) is 5.75 Å². The van der Waals surface area contributed by atoms with E-state index in [1.807, 2.05) is 0 Å². The molecule has 0 bridgehead atoms. The third-order valence-electron chi connectivity index (χ3n) is 2.50. The highest BCUT2D eigenvalue weighted by Gasteiger charge is 2.14. The quantitative estimate of drug-likeness (QED) is 0.676. The fraction of sp³-hybridized carbons (Fsp3) is 0.0769. The summed E-state index contributed by atoms with van der Waals surface area (Å²) < 4.78 is 18.2. The van der Waals surface area contributed by atoms with E-state index in [1.165, 1.54) is 7.11 Å². The van der Waals surface area contributed by atoms with Crippen LogP contribution in [0.1, 0.15) is 0 Å². The Labute approximate surface area is 108 Å². The van der Waals surface area contributed by atoms with Gasteiger partial charge in [0.25, 0.3) is 5.69 Å². The summed E-state index contributed by atoms with van der Waals surface area (Å²) >= 11 is 0. The predicted octanol–water partition coefficient (Wildman–Crippen LogP) is 3.49. The van der Waals surface area contributed by atoms with Crippen LogP contribution in [0.2, 0.25) is 0 Å². The summed E-state index contributed by atoms with van der Waals surface area (Å²) in [7, 11) is 1.52. The number of methoxy groups -OCH3 is 1. The molecule has 6 heteroatoms. The van der Waals surface area contributed by atoms with Gasteiger partial charge in [-0.05, 0) is 18.2 Å². The second-order valence-corrected chi connectivity index (χ2v) is 3.78. The van der Waals surface area contributed by atoms with Crippen molar-refractivity contribution < 1.29 is 14.1 Å². The number of hydrogen-bond donors (Lipinski definition) is 1. The van der Waals surface area contributed by atoms with Crippen molar-refractivity contribution in [2.45, 2.75) is 0 Å². The van der Waals surface area contributed by atoms with Crippen molar-refractivity contribution in [3.05, 3.63) is 58.4 Å². The molecule has 0 unspecified atom stereocenters. The van der Waals surface area contributed by atoms with E-state index in [-0.39, 0.29) is 11.4 Å². The van der Waals surface area contributed by atoms with Gasteiger partial charge in [-0.15, -0.1) is 0 Å². The summed E-state index contributed by atoms with van der Waals surface area (Å²) in [6.07, 6.45) is 0. The molecule has 1 N–H and O–H groups in total. The van der Waals surface area contributed by atoms with Crippen LogP contribution in [0.25, 0.3) is 0 Å². The van der Waals surface area contributed by atoms with Crippen molar-refractivity contribution in [1.82, 2.24) is 0 Å². The molecule has 0 aliphatic carbocycles. The number of rotatable bonds is 4. The minimum atomic E-state index is -0.568. The normalized spacial score (nSPS) is 10.0. The number of ether oxygens (including phenoxy) is 1. The molecule has 0 atom stereocenters. The van der Waals surface area contributed by atoms with Gasteiger partial charge in [-0.2, -0.15) is 0 Å². The van der Waals surface area contributed by atoms with E-state index in [2.05, 4.69) is 5.32 Å². The largest absolute Gasteiger partial charge is 0.497 e. The average Bonchev–Trinajstić information content (AvgIpc) is 2.38. The Bertz CT molecular complexity index is 617. The lowest BCUT2D eigenvalue weighted by molar-refractivity contribution is -0.384. The maximum atomic E-state index is 13.2. The topological polar surface area (TPSA) is 64.4 Å². The van der Waals surface area contributed by atoms with Gasteiger partial charge in [0.15, 0.2) is 0 Å². The lowest BCUT2D eigenvalue weighted by Crippen LogP contribution is -1.98. The number of hydrogen-bond acceptors (Lipinski definition) is 4. The highest BCUT2D eigenvalue weighted by atomic mass is 19.1. The van der Waals surface area contributed by atoms with Gasteiger partial charge in [0, 0.05) is 23.9 Å². The Hall–Kier alpha value is -2.63. The zero-order valence-corrected chi connectivity index (χ0v) is 10.1. The van der Waals surface area contributed by atoms with E-state index in [0.29, 0.717) is 11.4 Å². The van der Waals surface area contributed by atoms with Gasteiger partial charge in [0.1, 0.15) is 17.3 Å². The predicted molar refractivity (Wildman–Crippen MR) is 69.3 cm³/mol. The molecule has 2 aromatic carbocycles. The summed E-state index contributed by atoms with van der Waals surface area (Å²) in [4.78, 5) is 10.3. The molecule has 2 rings (SSSR count). The van der Waals surface area contributed by atoms with E-state index >= 15 is 0 Å². The molecule has 19 heavy (non-hydrogen) atoms. The van der Waals surface area contributed by atoms with Crippen LogP contribution in [0.4, 0.5) is 21.5 Å². The van der Waals surface area contributed by atoms with Gasteiger partial charge in [-0.1, -0.05) is 6.07 Å². The zero-order valence-electron chi connectivity index (χ0n) is 10.1. The molecule has 0 saturated carbocycles. The molecule has 0 aliphatic rings. The lowest BCUT2D eigenvalue weighted by Gasteiger charge is -2.08. The lowest BCUT2D eigenvalue weighted by atomic mass is 10.2. The Kier molecular flexibility index (Phi) is 3.61. The second kappa shape index (κ2) is 5.34. The molecule has 0 heterocycles. The number of halogens is 1. The fourth-order valence-electron chi connectivity index (χ4n) is 1.62. The molecule has 0 radical (unpaired) electrons. The highest BCUT2D eigenvalue weighted by Crippen LogP contribution is 2.29. The van der Waals surface area contributed by atoms with Crippen molar-refractivity contribution in [2.75, 3.05) is 12.4 Å². The fourth-order valence-corrected chi connectivity index (χ4v) is 1.62. The van der Waals surface area contributed by atoms with Crippen molar-refractivity contribution in [2.24, 2.45) is 0 Å². The number of nitro benzene ring substituents is 1. The number of nitrogens with one attached hydrogen (secondary N) is 1. The summed E-state index contributed by atoms with van der Waals surface area (Å²) in [5.41, 5.74) is 0.482. The molecule has 0 fully saturated rings. The van der Waals surface area contributed by atoms with Gasteiger partial charge in [-0.25, -0.2) is 4.39 Å².